The molecule has 0 fully saturated rings. The molecule has 2 heterocycles. The maximum Gasteiger partial charge on any atom is 0.253 e. The lowest BCUT2D eigenvalue weighted by molar-refractivity contribution is 0.0950. The molecule has 6 heteroatoms. The number of hydrogen-bond acceptors (Lipinski definition) is 4. The number of pyridine rings is 1. The Balaban J connectivity index is 1.76. The van der Waals surface area contributed by atoms with Crippen LogP contribution in [-0.4, -0.2) is 10.9 Å². The van der Waals surface area contributed by atoms with E-state index in [0.29, 0.717) is 33.8 Å². The second-order valence-corrected chi connectivity index (χ2v) is 6.65. The van der Waals surface area contributed by atoms with E-state index in [9.17, 15) is 9.59 Å². The van der Waals surface area contributed by atoms with Crippen LogP contribution in [0.3, 0.4) is 0 Å². The van der Waals surface area contributed by atoms with Crippen molar-refractivity contribution < 1.29 is 9.21 Å². The highest BCUT2D eigenvalue weighted by atomic mass is 35.5. The summed E-state index contributed by atoms with van der Waals surface area (Å²) < 4.78 is 5.73. The summed E-state index contributed by atoms with van der Waals surface area (Å²) in [5, 5.41) is 3.90. The lowest BCUT2D eigenvalue weighted by Gasteiger charge is -2.09. The number of nitrogens with zero attached hydrogens (tertiary/aromatic N) is 1. The molecule has 4 aromatic rings. The molecule has 0 aliphatic carbocycles. The minimum Gasteiger partial charge on any atom is -0.437 e. The number of rotatable bonds is 3. The van der Waals surface area contributed by atoms with Crippen molar-refractivity contribution in [2.45, 2.75) is 13.5 Å². The molecular formula is C21H15ClN2O3. The van der Waals surface area contributed by atoms with Crippen LogP contribution in [0.2, 0.25) is 5.02 Å². The number of benzene rings is 2. The van der Waals surface area contributed by atoms with Gasteiger partial charge in [0.1, 0.15) is 5.58 Å². The average molecular weight is 379 g/mol. The van der Waals surface area contributed by atoms with Crippen LogP contribution >= 0.6 is 11.6 Å². The van der Waals surface area contributed by atoms with Crippen LogP contribution in [0.25, 0.3) is 22.1 Å². The van der Waals surface area contributed by atoms with Crippen molar-refractivity contribution in [3.05, 3.63) is 86.7 Å². The molecule has 134 valence electrons. The summed E-state index contributed by atoms with van der Waals surface area (Å²) in [4.78, 5) is 29.7. The Hall–Kier alpha value is -3.18. The fourth-order valence-electron chi connectivity index (χ4n) is 2.94. The van der Waals surface area contributed by atoms with Gasteiger partial charge in [0, 0.05) is 11.6 Å². The van der Waals surface area contributed by atoms with E-state index in [1.807, 2.05) is 30.3 Å². The van der Waals surface area contributed by atoms with Crippen LogP contribution in [-0.2, 0) is 6.54 Å². The monoisotopic (exact) mass is 378 g/mol. The number of carbonyl (C=O) groups excluding carboxylic acids is 1. The van der Waals surface area contributed by atoms with Gasteiger partial charge in [-0.25, -0.2) is 4.98 Å². The van der Waals surface area contributed by atoms with Crippen LogP contribution in [0.5, 0.6) is 0 Å². The van der Waals surface area contributed by atoms with Crippen molar-refractivity contribution in [3.8, 4) is 0 Å². The maximum absolute atomic E-state index is 12.8. The summed E-state index contributed by atoms with van der Waals surface area (Å²) >= 11 is 5.99. The molecule has 0 aliphatic heterocycles. The summed E-state index contributed by atoms with van der Waals surface area (Å²) in [5.74, 6) is -0.295. The normalized spacial score (nSPS) is 11.0. The van der Waals surface area contributed by atoms with Crippen LogP contribution in [0.1, 0.15) is 21.6 Å². The molecular weight excluding hydrogens is 364 g/mol. The van der Waals surface area contributed by atoms with Gasteiger partial charge in [0.2, 0.25) is 11.1 Å². The van der Waals surface area contributed by atoms with Crippen LogP contribution in [0, 0.1) is 6.92 Å². The van der Waals surface area contributed by atoms with E-state index in [2.05, 4.69) is 10.3 Å². The molecule has 0 spiro atoms. The minimum absolute atomic E-state index is 0.201. The first-order valence-electron chi connectivity index (χ1n) is 8.39. The molecule has 0 unspecified atom stereocenters. The smallest absolute Gasteiger partial charge is 0.253 e. The number of aromatic nitrogens is 1. The largest absolute Gasteiger partial charge is 0.437 e. The van der Waals surface area contributed by atoms with Crippen LogP contribution < -0.4 is 10.7 Å². The molecule has 5 nitrogen and oxygen atoms in total. The highest BCUT2D eigenvalue weighted by Crippen LogP contribution is 2.22. The highest BCUT2D eigenvalue weighted by Gasteiger charge is 2.16. The summed E-state index contributed by atoms with van der Waals surface area (Å²) in [6, 6.07) is 16.0. The number of aryl methyl sites for hydroxylation is 1. The lowest BCUT2D eigenvalue weighted by atomic mass is 10.1. The summed E-state index contributed by atoms with van der Waals surface area (Å²) in [6.45, 7) is 2.10. The van der Waals surface area contributed by atoms with Gasteiger partial charge in [-0.2, -0.15) is 0 Å². The molecule has 2 aromatic carbocycles. The van der Waals surface area contributed by atoms with E-state index in [0.717, 1.165) is 5.56 Å². The van der Waals surface area contributed by atoms with E-state index in [-0.39, 0.29) is 22.4 Å². The van der Waals surface area contributed by atoms with E-state index >= 15 is 0 Å². The molecule has 0 radical (unpaired) electrons. The third-order valence-corrected chi connectivity index (χ3v) is 4.59. The summed E-state index contributed by atoms with van der Waals surface area (Å²) in [7, 11) is 0. The predicted octanol–water partition coefficient (Wildman–Crippen LogP) is 4.23. The molecule has 0 atom stereocenters. The van der Waals surface area contributed by atoms with Crippen molar-refractivity contribution in [3.63, 3.8) is 0 Å². The Labute approximate surface area is 159 Å². The quantitative estimate of drug-likeness (QED) is 0.541. The van der Waals surface area contributed by atoms with Gasteiger partial charge < -0.3 is 9.73 Å². The van der Waals surface area contributed by atoms with Gasteiger partial charge in [-0.15, -0.1) is 0 Å². The Morgan fingerprint density at radius 1 is 1.11 bits per heavy atom. The van der Waals surface area contributed by atoms with Gasteiger partial charge in [0.25, 0.3) is 5.91 Å². The van der Waals surface area contributed by atoms with Gasteiger partial charge >= 0.3 is 0 Å². The van der Waals surface area contributed by atoms with Crippen molar-refractivity contribution in [2.24, 2.45) is 0 Å². The minimum atomic E-state index is -0.295. The molecule has 1 N–H and O–H groups in total. The highest BCUT2D eigenvalue weighted by molar-refractivity contribution is 6.31. The lowest BCUT2D eigenvalue weighted by Crippen LogP contribution is -2.24. The van der Waals surface area contributed by atoms with E-state index in [1.54, 1.807) is 25.1 Å². The zero-order valence-corrected chi connectivity index (χ0v) is 15.2. The zero-order chi connectivity index (χ0) is 19.0. The molecule has 0 saturated heterocycles. The summed E-state index contributed by atoms with van der Waals surface area (Å²) in [6.07, 6.45) is 0. The third kappa shape index (κ3) is 3.29. The standard InChI is InChI=1S/C21H15ClN2O3/c1-12-15(20(26)23-11-13-5-3-2-4-6-13)10-17-19(25)16-9-14(22)7-8-18(16)27-21(17)24-12/h2-10H,11H2,1H3,(H,23,26). The second-order valence-electron chi connectivity index (χ2n) is 6.21. The molecule has 0 saturated carbocycles. The van der Waals surface area contributed by atoms with E-state index in [4.69, 9.17) is 16.0 Å². The van der Waals surface area contributed by atoms with Crippen molar-refractivity contribution >= 4 is 39.6 Å². The number of amides is 1. The van der Waals surface area contributed by atoms with Gasteiger partial charge in [0.15, 0.2) is 0 Å². The molecule has 2 aromatic heterocycles. The molecule has 0 aliphatic rings. The van der Waals surface area contributed by atoms with Crippen LogP contribution in [0.15, 0.2) is 63.8 Å². The zero-order valence-electron chi connectivity index (χ0n) is 14.5. The summed E-state index contributed by atoms with van der Waals surface area (Å²) in [5.41, 5.74) is 2.16. The fraction of sp³-hybridized carbons (Fsp3) is 0.0952. The Bertz CT molecular complexity index is 1230. The fourth-order valence-corrected chi connectivity index (χ4v) is 3.12. The first-order valence-corrected chi connectivity index (χ1v) is 8.76. The third-order valence-electron chi connectivity index (χ3n) is 4.36. The van der Waals surface area contributed by atoms with E-state index < -0.39 is 0 Å². The van der Waals surface area contributed by atoms with Crippen molar-refractivity contribution in [1.82, 2.24) is 10.3 Å². The number of fused-ring (bicyclic) bond motifs is 2. The first-order chi connectivity index (χ1) is 13.0. The van der Waals surface area contributed by atoms with Crippen molar-refractivity contribution in [1.29, 1.82) is 0 Å². The Morgan fingerprint density at radius 2 is 1.89 bits per heavy atom. The Kier molecular flexibility index (Phi) is 4.38. The average Bonchev–Trinajstić information content (AvgIpc) is 2.67. The first kappa shape index (κ1) is 17.2. The van der Waals surface area contributed by atoms with Crippen molar-refractivity contribution in [2.75, 3.05) is 0 Å². The SMILES string of the molecule is Cc1nc2oc3ccc(Cl)cc3c(=O)c2cc1C(=O)NCc1ccccc1. The number of carbonyl (C=O) groups is 1. The topological polar surface area (TPSA) is 72.2 Å². The maximum atomic E-state index is 12.8. The van der Waals surface area contributed by atoms with Gasteiger partial charge in [-0.05, 0) is 36.8 Å². The number of hydrogen-bond donors (Lipinski definition) is 1. The van der Waals surface area contributed by atoms with E-state index in [1.165, 1.54) is 6.07 Å². The predicted molar refractivity (Wildman–Crippen MR) is 105 cm³/mol. The van der Waals surface area contributed by atoms with Gasteiger partial charge in [-0.1, -0.05) is 41.9 Å². The second kappa shape index (κ2) is 6.85. The molecule has 1 amide bonds. The number of nitrogens with one attached hydrogen (secondary N) is 1. The number of halogens is 1. The van der Waals surface area contributed by atoms with Gasteiger partial charge in [-0.3, -0.25) is 9.59 Å². The molecule has 4 rings (SSSR count). The van der Waals surface area contributed by atoms with Gasteiger partial charge in [0.05, 0.1) is 22.0 Å². The Morgan fingerprint density at radius 3 is 2.67 bits per heavy atom. The molecule has 0 bridgehead atoms. The van der Waals surface area contributed by atoms with Crippen LogP contribution in [0.4, 0.5) is 0 Å². The molecule has 27 heavy (non-hydrogen) atoms.